The SMILES string of the molecule is CCN1C(C)(C)CC(OC(=O)CCCCCCC(=O)OC2CC(C)(C)N(CC)C(C)(C)C2)CC1(C)C. The number of piperidine rings is 2. The van der Waals surface area contributed by atoms with E-state index < -0.39 is 0 Å². The lowest BCUT2D eigenvalue weighted by atomic mass is 9.78. The van der Waals surface area contributed by atoms with E-state index in [0.717, 1.165) is 64.5 Å². The molecule has 2 rings (SSSR count). The van der Waals surface area contributed by atoms with Crippen molar-refractivity contribution in [3.8, 4) is 0 Å². The zero-order valence-electron chi connectivity index (χ0n) is 25.2. The van der Waals surface area contributed by atoms with Gasteiger partial charge in [0.15, 0.2) is 0 Å². The van der Waals surface area contributed by atoms with E-state index in [-0.39, 0.29) is 46.3 Å². The van der Waals surface area contributed by atoms with Gasteiger partial charge in [-0.1, -0.05) is 26.7 Å². The molecule has 0 atom stereocenters. The maximum atomic E-state index is 12.5. The van der Waals surface area contributed by atoms with Gasteiger partial charge in [0.25, 0.3) is 0 Å². The van der Waals surface area contributed by atoms with Crippen molar-refractivity contribution < 1.29 is 19.1 Å². The quantitative estimate of drug-likeness (QED) is 0.235. The average molecular weight is 509 g/mol. The topological polar surface area (TPSA) is 59.1 Å². The summed E-state index contributed by atoms with van der Waals surface area (Å²) < 4.78 is 11.8. The fraction of sp³-hybridized carbons (Fsp3) is 0.933. The Balaban J connectivity index is 1.64. The molecule has 0 radical (unpaired) electrons. The van der Waals surface area contributed by atoms with Crippen LogP contribution in [0.3, 0.4) is 0 Å². The van der Waals surface area contributed by atoms with E-state index >= 15 is 0 Å². The van der Waals surface area contributed by atoms with E-state index in [1.807, 2.05) is 0 Å². The van der Waals surface area contributed by atoms with Crippen molar-refractivity contribution in [3.63, 3.8) is 0 Å². The number of unbranched alkanes of at least 4 members (excludes halogenated alkanes) is 3. The Labute approximate surface area is 221 Å². The maximum Gasteiger partial charge on any atom is 0.306 e. The molecule has 36 heavy (non-hydrogen) atoms. The molecular weight excluding hydrogens is 452 g/mol. The lowest BCUT2D eigenvalue weighted by molar-refractivity contribution is -0.161. The first kappa shape index (κ1) is 31.1. The number of hydrogen-bond donors (Lipinski definition) is 0. The zero-order chi connectivity index (χ0) is 27.4. The molecule has 0 unspecified atom stereocenters. The lowest BCUT2D eigenvalue weighted by Crippen LogP contribution is -2.62. The monoisotopic (exact) mass is 508 g/mol. The third-order valence-electron chi connectivity index (χ3n) is 8.57. The molecule has 2 heterocycles. The van der Waals surface area contributed by atoms with E-state index in [1.165, 1.54) is 0 Å². The molecule has 0 aliphatic carbocycles. The van der Waals surface area contributed by atoms with Gasteiger partial charge in [-0.05, 0) is 81.3 Å². The summed E-state index contributed by atoms with van der Waals surface area (Å²) in [7, 11) is 0. The number of nitrogens with zero attached hydrogens (tertiary/aromatic N) is 2. The summed E-state index contributed by atoms with van der Waals surface area (Å²) in [6.45, 7) is 24.4. The van der Waals surface area contributed by atoms with E-state index in [2.05, 4.69) is 79.0 Å². The van der Waals surface area contributed by atoms with Crippen molar-refractivity contribution in [1.82, 2.24) is 9.80 Å². The largest absolute Gasteiger partial charge is 0.462 e. The highest BCUT2D eigenvalue weighted by Gasteiger charge is 2.46. The molecule has 0 N–H and O–H groups in total. The normalized spacial score (nSPS) is 24.4. The second-order valence-electron chi connectivity index (χ2n) is 13.7. The first-order chi connectivity index (χ1) is 16.5. The van der Waals surface area contributed by atoms with E-state index in [4.69, 9.17) is 9.47 Å². The van der Waals surface area contributed by atoms with Crippen molar-refractivity contribution in [2.24, 2.45) is 0 Å². The van der Waals surface area contributed by atoms with Crippen LogP contribution in [0.4, 0.5) is 0 Å². The molecule has 210 valence electrons. The summed E-state index contributed by atoms with van der Waals surface area (Å²) in [6.07, 6.45) is 7.89. The van der Waals surface area contributed by atoms with Crippen LogP contribution < -0.4 is 0 Å². The molecular formula is C30H56N2O4. The van der Waals surface area contributed by atoms with Gasteiger partial charge >= 0.3 is 11.9 Å². The molecule has 6 heteroatoms. The Morgan fingerprint density at radius 2 is 0.861 bits per heavy atom. The average Bonchev–Trinajstić information content (AvgIpc) is 2.67. The van der Waals surface area contributed by atoms with Gasteiger partial charge in [-0.15, -0.1) is 0 Å². The number of esters is 2. The smallest absolute Gasteiger partial charge is 0.306 e. The third kappa shape index (κ3) is 8.18. The summed E-state index contributed by atoms with van der Waals surface area (Å²) in [6, 6.07) is 0. The Morgan fingerprint density at radius 1 is 0.583 bits per heavy atom. The first-order valence-electron chi connectivity index (χ1n) is 14.5. The number of carbonyl (C=O) groups is 2. The van der Waals surface area contributed by atoms with Gasteiger partial charge < -0.3 is 9.47 Å². The van der Waals surface area contributed by atoms with Crippen LogP contribution in [0, 0.1) is 0 Å². The molecule has 0 aromatic carbocycles. The van der Waals surface area contributed by atoms with E-state index in [0.29, 0.717) is 12.8 Å². The summed E-state index contributed by atoms with van der Waals surface area (Å²) in [5.74, 6) is -0.167. The summed E-state index contributed by atoms with van der Waals surface area (Å²) >= 11 is 0. The first-order valence-corrected chi connectivity index (χ1v) is 14.5. The number of hydrogen-bond acceptors (Lipinski definition) is 6. The third-order valence-corrected chi connectivity index (χ3v) is 8.57. The van der Waals surface area contributed by atoms with Crippen LogP contribution in [0.25, 0.3) is 0 Å². The Morgan fingerprint density at radius 3 is 1.11 bits per heavy atom. The van der Waals surface area contributed by atoms with Crippen molar-refractivity contribution in [2.75, 3.05) is 13.1 Å². The number of carbonyl (C=O) groups excluding carboxylic acids is 2. The summed E-state index contributed by atoms with van der Waals surface area (Å²) in [4.78, 5) is 30.0. The fourth-order valence-corrected chi connectivity index (χ4v) is 7.71. The van der Waals surface area contributed by atoms with Gasteiger partial charge in [-0.2, -0.15) is 0 Å². The van der Waals surface area contributed by atoms with Gasteiger partial charge in [-0.3, -0.25) is 19.4 Å². The van der Waals surface area contributed by atoms with Gasteiger partial charge in [0.05, 0.1) is 0 Å². The van der Waals surface area contributed by atoms with Gasteiger partial charge in [0, 0.05) is 60.7 Å². The van der Waals surface area contributed by atoms with E-state index in [1.54, 1.807) is 0 Å². The van der Waals surface area contributed by atoms with Gasteiger partial charge in [0.1, 0.15) is 12.2 Å². The molecule has 0 bridgehead atoms. The van der Waals surface area contributed by atoms with Crippen molar-refractivity contribution in [2.45, 2.75) is 168 Å². The molecule has 0 aromatic rings. The molecule has 0 amide bonds. The molecule has 0 saturated carbocycles. The lowest BCUT2D eigenvalue weighted by Gasteiger charge is -2.54. The Bertz CT molecular complexity index is 645. The van der Waals surface area contributed by atoms with Crippen molar-refractivity contribution >= 4 is 11.9 Å². The highest BCUT2D eigenvalue weighted by atomic mass is 16.5. The number of ether oxygens (including phenoxy) is 2. The minimum Gasteiger partial charge on any atom is -0.462 e. The van der Waals surface area contributed by atoms with Crippen LogP contribution in [-0.4, -0.2) is 69.2 Å². The molecule has 0 aromatic heterocycles. The number of likely N-dealkylation sites (tertiary alicyclic amines) is 2. The maximum absolute atomic E-state index is 12.5. The Hall–Kier alpha value is -1.14. The van der Waals surface area contributed by atoms with Crippen LogP contribution in [0.1, 0.15) is 133 Å². The highest BCUT2D eigenvalue weighted by molar-refractivity contribution is 5.70. The minimum atomic E-state index is -0.0837. The van der Waals surface area contributed by atoms with E-state index in [9.17, 15) is 9.59 Å². The second kappa shape index (κ2) is 12.1. The molecule has 0 spiro atoms. The minimum absolute atomic E-state index is 0.0146. The van der Waals surface area contributed by atoms with Crippen LogP contribution >= 0.6 is 0 Å². The summed E-state index contributed by atoms with van der Waals surface area (Å²) in [5.41, 5.74) is 0.0896. The Kier molecular flexibility index (Phi) is 10.5. The van der Waals surface area contributed by atoms with Crippen LogP contribution in [0.15, 0.2) is 0 Å². The van der Waals surface area contributed by atoms with Crippen molar-refractivity contribution in [1.29, 1.82) is 0 Å². The van der Waals surface area contributed by atoms with Crippen molar-refractivity contribution in [3.05, 3.63) is 0 Å². The fourth-order valence-electron chi connectivity index (χ4n) is 7.71. The highest BCUT2D eigenvalue weighted by Crippen LogP contribution is 2.40. The van der Waals surface area contributed by atoms with Crippen LogP contribution in [-0.2, 0) is 19.1 Å². The molecule has 2 aliphatic heterocycles. The van der Waals surface area contributed by atoms with Gasteiger partial charge in [-0.25, -0.2) is 0 Å². The standard InChI is InChI=1S/C30H56N2O4/c1-11-31-27(3,4)19-23(20-28(31,5)6)35-25(33)17-15-13-14-16-18-26(34)36-24-21-29(7,8)32(12-2)30(9,10)22-24/h23-24H,11-22H2,1-10H3. The molecule has 6 nitrogen and oxygen atoms in total. The molecule has 2 aliphatic rings. The van der Waals surface area contributed by atoms with Gasteiger partial charge in [0.2, 0.25) is 0 Å². The van der Waals surface area contributed by atoms with Crippen LogP contribution in [0.2, 0.25) is 0 Å². The zero-order valence-corrected chi connectivity index (χ0v) is 25.2. The molecule has 2 saturated heterocycles. The summed E-state index contributed by atoms with van der Waals surface area (Å²) in [5, 5.41) is 0. The molecule has 2 fully saturated rings. The second-order valence-corrected chi connectivity index (χ2v) is 13.7. The predicted molar refractivity (Wildman–Crippen MR) is 147 cm³/mol. The predicted octanol–water partition coefficient (Wildman–Crippen LogP) is 6.50. The van der Waals surface area contributed by atoms with Crippen LogP contribution in [0.5, 0.6) is 0 Å². The number of rotatable bonds is 11.